The van der Waals surface area contributed by atoms with Gasteiger partial charge in [0.1, 0.15) is 19.3 Å². The van der Waals surface area contributed by atoms with E-state index in [1.54, 1.807) is 6.08 Å². The molecule has 0 fully saturated rings. The van der Waals surface area contributed by atoms with E-state index in [2.05, 4.69) is 38.2 Å². The molecule has 282 valence electrons. The van der Waals surface area contributed by atoms with Crippen molar-refractivity contribution in [2.75, 3.05) is 13.2 Å². The fraction of sp³-hybridized carbons (Fsp3) is 0.744. The van der Waals surface area contributed by atoms with Crippen LogP contribution in [0.5, 0.6) is 0 Å². The van der Waals surface area contributed by atoms with Crippen molar-refractivity contribution in [3.05, 3.63) is 48.6 Å². The average molecular weight is 687 g/mol. The van der Waals surface area contributed by atoms with Crippen molar-refractivity contribution in [3.8, 4) is 0 Å². The molecule has 0 aromatic carbocycles. The number of carbonyl (C=O) groups is 3. The topological polar surface area (TPSA) is 89.9 Å². The maximum Gasteiger partial charge on any atom is 0.305 e. The quantitative estimate of drug-likeness (QED) is 0.0232. The number of rotatable bonds is 36. The summed E-state index contributed by atoms with van der Waals surface area (Å²) >= 11 is 0. The van der Waals surface area contributed by atoms with Crippen molar-refractivity contribution in [3.63, 3.8) is 0 Å². The zero-order valence-electron chi connectivity index (χ0n) is 31.7. The maximum atomic E-state index is 12.0. The monoisotopic (exact) mass is 687 g/mol. The van der Waals surface area contributed by atoms with Crippen molar-refractivity contribution in [1.82, 2.24) is 0 Å². The Morgan fingerprint density at radius 2 is 0.918 bits per heavy atom. The first-order valence-electron chi connectivity index (χ1n) is 20.1. The SMILES string of the molecule is CCCCC/C=C\C/C=C\C/C=C\C=C\C(=O)CCCC(=O)OC[C@H](O)COC(=O)CCCCCCCCCCCCCCCCCCC. The number of ketones is 1. The highest BCUT2D eigenvalue weighted by Gasteiger charge is 2.12. The summed E-state index contributed by atoms with van der Waals surface area (Å²) in [6.45, 7) is 4.07. The molecule has 0 saturated heterocycles. The lowest BCUT2D eigenvalue weighted by Gasteiger charge is -2.12. The summed E-state index contributed by atoms with van der Waals surface area (Å²) in [5.74, 6) is -0.856. The first kappa shape index (κ1) is 46.5. The minimum atomic E-state index is -1.05. The molecule has 6 nitrogen and oxygen atoms in total. The molecule has 49 heavy (non-hydrogen) atoms. The van der Waals surface area contributed by atoms with Gasteiger partial charge in [-0.2, -0.15) is 0 Å². The Bertz CT molecular complexity index is 887. The second kappa shape index (κ2) is 38.3. The minimum absolute atomic E-state index is 0.0484. The van der Waals surface area contributed by atoms with Gasteiger partial charge in [-0.15, -0.1) is 0 Å². The van der Waals surface area contributed by atoms with Crippen LogP contribution in [0.25, 0.3) is 0 Å². The molecule has 0 radical (unpaired) electrons. The highest BCUT2D eigenvalue weighted by atomic mass is 16.6. The van der Waals surface area contributed by atoms with Crippen LogP contribution in [0.1, 0.15) is 187 Å². The van der Waals surface area contributed by atoms with Crippen LogP contribution in [0.3, 0.4) is 0 Å². The molecule has 0 amide bonds. The fourth-order valence-electron chi connectivity index (χ4n) is 5.45. The van der Waals surface area contributed by atoms with E-state index in [0.29, 0.717) is 12.8 Å². The largest absolute Gasteiger partial charge is 0.463 e. The zero-order valence-corrected chi connectivity index (χ0v) is 31.7. The summed E-state index contributed by atoms with van der Waals surface area (Å²) in [6, 6.07) is 0. The van der Waals surface area contributed by atoms with Crippen molar-refractivity contribution in [1.29, 1.82) is 0 Å². The first-order valence-corrected chi connectivity index (χ1v) is 20.1. The number of hydrogen-bond donors (Lipinski definition) is 1. The lowest BCUT2D eigenvalue weighted by atomic mass is 10.0. The summed E-state index contributed by atoms with van der Waals surface area (Å²) in [5.41, 5.74) is 0. The van der Waals surface area contributed by atoms with Gasteiger partial charge in [-0.05, 0) is 44.6 Å². The maximum absolute atomic E-state index is 12.0. The second-order valence-electron chi connectivity index (χ2n) is 13.4. The van der Waals surface area contributed by atoms with Crippen LogP contribution in [-0.2, 0) is 23.9 Å². The molecule has 0 aromatic rings. The molecule has 0 aliphatic carbocycles. The van der Waals surface area contributed by atoms with Crippen molar-refractivity contribution < 1.29 is 29.0 Å². The van der Waals surface area contributed by atoms with Gasteiger partial charge in [0.15, 0.2) is 5.78 Å². The number of esters is 2. The average Bonchev–Trinajstić information content (AvgIpc) is 3.09. The Morgan fingerprint density at radius 1 is 0.490 bits per heavy atom. The van der Waals surface area contributed by atoms with E-state index in [9.17, 15) is 19.5 Å². The molecule has 0 unspecified atom stereocenters. The smallest absolute Gasteiger partial charge is 0.305 e. The predicted octanol–water partition coefficient (Wildman–Crippen LogP) is 11.8. The number of hydrogen-bond acceptors (Lipinski definition) is 6. The molecular formula is C43H74O6. The minimum Gasteiger partial charge on any atom is -0.463 e. The van der Waals surface area contributed by atoms with Crippen LogP contribution in [-0.4, -0.2) is 42.1 Å². The first-order chi connectivity index (χ1) is 24.0. The van der Waals surface area contributed by atoms with Crippen LogP contribution in [0.15, 0.2) is 48.6 Å². The van der Waals surface area contributed by atoms with E-state index in [4.69, 9.17) is 9.47 Å². The van der Waals surface area contributed by atoms with Gasteiger partial charge in [0, 0.05) is 19.3 Å². The summed E-state index contributed by atoms with van der Waals surface area (Å²) in [7, 11) is 0. The highest BCUT2D eigenvalue weighted by Crippen LogP contribution is 2.14. The Kier molecular flexibility index (Phi) is 36.4. The fourth-order valence-corrected chi connectivity index (χ4v) is 5.45. The Hall–Kier alpha value is -2.47. The molecule has 0 rings (SSSR count). The van der Waals surface area contributed by atoms with Gasteiger partial charge in [0.05, 0.1) is 0 Å². The zero-order chi connectivity index (χ0) is 35.9. The van der Waals surface area contributed by atoms with Gasteiger partial charge in [0.2, 0.25) is 0 Å². The molecule has 1 atom stereocenters. The number of aliphatic hydroxyl groups excluding tert-OH is 1. The van der Waals surface area contributed by atoms with E-state index in [1.165, 1.54) is 115 Å². The summed E-state index contributed by atoms with van der Waals surface area (Å²) in [6.07, 6.45) is 44.5. The third-order valence-electron chi connectivity index (χ3n) is 8.54. The third-order valence-corrected chi connectivity index (χ3v) is 8.54. The number of aliphatic hydroxyl groups is 1. The molecular weight excluding hydrogens is 612 g/mol. The van der Waals surface area contributed by atoms with Gasteiger partial charge < -0.3 is 14.6 Å². The Labute approximate surface area is 301 Å². The molecule has 0 aromatic heterocycles. The third kappa shape index (κ3) is 38.2. The summed E-state index contributed by atoms with van der Waals surface area (Å²) in [4.78, 5) is 35.9. The van der Waals surface area contributed by atoms with E-state index < -0.39 is 12.1 Å². The van der Waals surface area contributed by atoms with Crippen molar-refractivity contribution >= 4 is 17.7 Å². The van der Waals surface area contributed by atoms with Crippen LogP contribution < -0.4 is 0 Å². The van der Waals surface area contributed by atoms with E-state index in [1.807, 2.05) is 12.2 Å². The molecule has 0 bridgehead atoms. The Balaban J connectivity index is 3.61. The number of unbranched alkanes of at least 4 members (excludes halogenated alkanes) is 19. The molecule has 0 aliphatic heterocycles. The van der Waals surface area contributed by atoms with Crippen molar-refractivity contribution in [2.45, 2.75) is 193 Å². The summed E-state index contributed by atoms with van der Waals surface area (Å²) < 4.78 is 10.2. The van der Waals surface area contributed by atoms with E-state index in [-0.39, 0.29) is 37.8 Å². The highest BCUT2D eigenvalue weighted by molar-refractivity contribution is 5.90. The van der Waals surface area contributed by atoms with Crippen LogP contribution in [0, 0.1) is 0 Å². The van der Waals surface area contributed by atoms with Gasteiger partial charge in [-0.3, -0.25) is 14.4 Å². The molecule has 0 heterocycles. The lowest BCUT2D eigenvalue weighted by molar-refractivity contribution is -0.152. The molecule has 0 aliphatic rings. The number of allylic oxidation sites excluding steroid dienone is 8. The Morgan fingerprint density at radius 3 is 1.45 bits per heavy atom. The van der Waals surface area contributed by atoms with Gasteiger partial charge >= 0.3 is 11.9 Å². The second-order valence-corrected chi connectivity index (χ2v) is 13.4. The van der Waals surface area contributed by atoms with Gasteiger partial charge in [-0.1, -0.05) is 172 Å². The van der Waals surface area contributed by atoms with E-state index in [0.717, 1.165) is 38.5 Å². The van der Waals surface area contributed by atoms with Crippen LogP contribution in [0.4, 0.5) is 0 Å². The molecule has 0 saturated carbocycles. The van der Waals surface area contributed by atoms with Gasteiger partial charge in [0.25, 0.3) is 0 Å². The standard InChI is InChI=1S/C43H74O6/c1-3-5-7-9-11-13-15-17-18-19-20-22-24-26-28-30-32-36-42(46)48-38-41(45)39-49-43(47)37-33-35-40(44)34-31-29-27-25-23-21-16-14-12-10-8-6-4-2/h12,14,21,23,27,29,31,34,41,45H,3-11,13,15-20,22,24-26,28,30,32-33,35-39H2,1-2H3/b14-12-,23-21-,29-27-,34-31+/t41-/m1/s1. The van der Waals surface area contributed by atoms with Crippen LogP contribution in [0.2, 0.25) is 0 Å². The molecule has 6 heteroatoms. The number of ether oxygens (including phenoxy) is 2. The molecule has 1 N–H and O–H groups in total. The van der Waals surface area contributed by atoms with Crippen LogP contribution >= 0.6 is 0 Å². The summed E-state index contributed by atoms with van der Waals surface area (Å²) in [5, 5.41) is 10.00. The molecule has 0 spiro atoms. The van der Waals surface area contributed by atoms with E-state index >= 15 is 0 Å². The number of carbonyl (C=O) groups excluding carboxylic acids is 3. The van der Waals surface area contributed by atoms with Gasteiger partial charge in [-0.25, -0.2) is 0 Å². The van der Waals surface area contributed by atoms with Crippen molar-refractivity contribution in [2.24, 2.45) is 0 Å². The normalized spacial score (nSPS) is 12.6. The lowest BCUT2D eigenvalue weighted by Crippen LogP contribution is -2.25. The predicted molar refractivity (Wildman–Crippen MR) is 205 cm³/mol.